The van der Waals surface area contributed by atoms with Crippen molar-refractivity contribution >= 4 is 16.7 Å². The number of anilines is 1. The lowest BCUT2D eigenvalue weighted by molar-refractivity contribution is 0.631. The molecule has 1 heterocycles. The van der Waals surface area contributed by atoms with E-state index in [0.717, 1.165) is 33.5 Å². The third kappa shape index (κ3) is 1.76. The minimum absolute atomic E-state index is 0.811. The fraction of sp³-hybridized carbons (Fsp3) is 0.125. The predicted molar refractivity (Wildman–Crippen MR) is 75.5 cm³/mol. The summed E-state index contributed by atoms with van der Waals surface area (Å²) in [4.78, 5) is 0. The molecule has 0 saturated heterocycles. The molecule has 2 aromatic carbocycles. The number of hydrogen-bond donors (Lipinski definition) is 1. The Labute approximate surface area is 106 Å². The first kappa shape index (κ1) is 10.9. The second-order valence-electron chi connectivity index (χ2n) is 4.72. The van der Waals surface area contributed by atoms with Crippen LogP contribution >= 0.6 is 0 Å². The van der Waals surface area contributed by atoms with Crippen LogP contribution in [-0.2, 0) is 0 Å². The first-order valence-corrected chi connectivity index (χ1v) is 6.00. The zero-order valence-electron chi connectivity index (χ0n) is 10.5. The van der Waals surface area contributed by atoms with Crippen LogP contribution in [0.2, 0.25) is 0 Å². The third-order valence-electron chi connectivity index (χ3n) is 3.23. The highest BCUT2D eigenvalue weighted by molar-refractivity contribution is 5.83. The maximum absolute atomic E-state index is 5.86. The van der Waals surface area contributed by atoms with E-state index in [-0.39, 0.29) is 0 Å². The molecular formula is C16H15NO. The molecule has 0 unspecified atom stereocenters. The van der Waals surface area contributed by atoms with Crippen LogP contribution in [0.1, 0.15) is 11.1 Å². The van der Waals surface area contributed by atoms with E-state index < -0.39 is 0 Å². The summed E-state index contributed by atoms with van der Waals surface area (Å²) >= 11 is 0. The lowest BCUT2D eigenvalue weighted by Crippen LogP contribution is -1.88. The van der Waals surface area contributed by atoms with Crippen molar-refractivity contribution in [3.8, 4) is 11.3 Å². The Hall–Kier alpha value is -2.22. The van der Waals surface area contributed by atoms with Crippen molar-refractivity contribution in [1.29, 1.82) is 0 Å². The molecule has 3 aromatic rings. The SMILES string of the molecule is Cc1ccc2oc(-c3ccc(N)c(C)c3)cc2c1. The molecule has 0 aliphatic rings. The summed E-state index contributed by atoms with van der Waals surface area (Å²) in [5, 5.41) is 1.14. The highest BCUT2D eigenvalue weighted by atomic mass is 16.3. The van der Waals surface area contributed by atoms with Crippen LogP contribution in [0.5, 0.6) is 0 Å². The Bertz CT molecular complexity index is 725. The number of furan rings is 1. The number of fused-ring (bicyclic) bond motifs is 1. The zero-order valence-corrected chi connectivity index (χ0v) is 10.5. The van der Waals surface area contributed by atoms with Crippen LogP contribution < -0.4 is 5.73 Å². The molecule has 0 aliphatic carbocycles. The molecule has 90 valence electrons. The van der Waals surface area contributed by atoms with E-state index >= 15 is 0 Å². The van der Waals surface area contributed by atoms with Crippen molar-refractivity contribution in [2.45, 2.75) is 13.8 Å². The molecule has 3 rings (SSSR count). The van der Waals surface area contributed by atoms with E-state index in [1.54, 1.807) is 0 Å². The summed E-state index contributed by atoms with van der Waals surface area (Å²) in [6.07, 6.45) is 0. The van der Waals surface area contributed by atoms with Gasteiger partial charge in [-0.2, -0.15) is 0 Å². The molecule has 0 bridgehead atoms. The van der Waals surface area contributed by atoms with E-state index in [1.165, 1.54) is 5.56 Å². The maximum atomic E-state index is 5.86. The van der Waals surface area contributed by atoms with Crippen molar-refractivity contribution in [2.24, 2.45) is 0 Å². The second kappa shape index (κ2) is 3.91. The highest BCUT2D eigenvalue weighted by Gasteiger charge is 2.07. The number of benzene rings is 2. The van der Waals surface area contributed by atoms with Crippen molar-refractivity contribution in [2.75, 3.05) is 5.73 Å². The number of rotatable bonds is 1. The maximum Gasteiger partial charge on any atom is 0.135 e. The number of aryl methyl sites for hydroxylation is 2. The van der Waals surface area contributed by atoms with Gasteiger partial charge in [-0.15, -0.1) is 0 Å². The third-order valence-corrected chi connectivity index (χ3v) is 3.23. The summed E-state index contributed by atoms with van der Waals surface area (Å²) in [5.74, 6) is 0.888. The first-order valence-electron chi connectivity index (χ1n) is 6.00. The summed E-state index contributed by atoms with van der Waals surface area (Å²) in [6.45, 7) is 4.09. The monoisotopic (exact) mass is 237 g/mol. The average Bonchev–Trinajstić information content (AvgIpc) is 2.75. The topological polar surface area (TPSA) is 39.2 Å². The van der Waals surface area contributed by atoms with Crippen molar-refractivity contribution in [1.82, 2.24) is 0 Å². The van der Waals surface area contributed by atoms with Gasteiger partial charge in [0, 0.05) is 16.6 Å². The van der Waals surface area contributed by atoms with E-state index in [2.05, 4.69) is 31.2 Å². The Morgan fingerprint density at radius 3 is 2.56 bits per heavy atom. The largest absolute Gasteiger partial charge is 0.456 e. The van der Waals surface area contributed by atoms with Gasteiger partial charge in [0.2, 0.25) is 0 Å². The molecule has 0 fully saturated rings. The minimum atomic E-state index is 0.811. The Morgan fingerprint density at radius 1 is 0.944 bits per heavy atom. The molecule has 0 atom stereocenters. The fourth-order valence-corrected chi connectivity index (χ4v) is 2.13. The minimum Gasteiger partial charge on any atom is -0.456 e. The average molecular weight is 237 g/mol. The molecular weight excluding hydrogens is 222 g/mol. The number of hydrogen-bond acceptors (Lipinski definition) is 2. The number of nitrogens with two attached hydrogens (primary N) is 1. The molecule has 1 aromatic heterocycles. The predicted octanol–water partition coefficient (Wildman–Crippen LogP) is 4.30. The van der Waals surface area contributed by atoms with Gasteiger partial charge in [-0.25, -0.2) is 0 Å². The van der Waals surface area contributed by atoms with Crippen LogP contribution in [0.15, 0.2) is 46.9 Å². The van der Waals surface area contributed by atoms with E-state index in [1.807, 2.05) is 25.1 Å². The van der Waals surface area contributed by atoms with Gasteiger partial charge in [-0.05, 0) is 55.8 Å². The van der Waals surface area contributed by atoms with Crippen molar-refractivity contribution in [3.05, 3.63) is 53.6 Å². The van der Waals surface area contributed by atoms with Crippen molar-refractivity contribution in [3.63, 3.8) is 0 Å². The van der Waals surface area contributed by atoms with Crippen LogP contribution in [0.4, 0.5) is 5.69 Å². The summed E-state index contributed by atoms with van der Waals surface area (Å²) in [7, 11) is 0. The van der Waals surface area contributed by atoms with Crippen molar-refractivity contribution < 1.29 is 4.42 Å². The molecule has 2 nitrogen and oxygen atoms in total. The van der Waals surface area contributed by atoms with Crippen LogP contribution in [0.3, 0.4) is 0 Å². The fourth-order valence-electron chi connectivity index (χ4n) is 2.13. The Morgan fingerprint density at radius 2 is 1.78 bits per heavy atom. The highest BCUT2D eigenvalue weighted by Crippen LogP contribution is 2.29. The Kier molecular flexibility index (Phi) is 2.37. The summed E-state index contributed by atoms with van der Waals surface area (Å²) in [5.41, 5.74) is 10.9. The van der Waals surface area contributed by atoms with Crippen LogP contribution in [0.25, 0.3) is 22.3 Å². The summed E-state index contributed by atoms with van der Waals surface area (Å²) in [6, 6.07) is 14.2. The normalized spacial score (nSPS) is 11.0. The quantitative estimate of drug-likeness (QED) is 0.641. The molecule has 2 N–H and O–H groups in total. The molecule has 0 aliphatic heterocycles. The molecule has 0 spiro atoms. The second-order valence-corrected chi connectivity index (χ2v) is 4.72. The van der Waals surface area contributed by atoms with E-state index in [0.29, 0.717) is 0 Å². The van der Waals surface area contributed by atoms with Gasteiger partial charge in [-0.1, -0.05) is 11.6 Å². The van der Waals surface area contributed by atoms with Gasteiger partial charge in [0.25, 0.3) is 0 Å². The lowest BCUT2D eigenvalue weighted by Gasteiger charge is -2.01. The van der Waals surface area contributed by atoms with E-state index in [9.17, 15) is 0 Å². The van der Waals surface area contributed by atoms with Gasteiger partial charge in [0.05, 0.1) is 0 Å². The first-order chi connectivity index (χ1) is 8.63. The van der Waals surface area contributed by atoms with Gasteiger partial charge < -0.3 is 10.2 Å². The van der Waals surface area contributed by atoms with Gasteiger partial charge in [-0.3, -0.25) is 0 Å². The van der Waals surface area contributed by atoms with Crippen LogP contribution in [0, 0.1) is 13.8 Å². The zero-order chi connectivity index (χ0) is 12.7. The van der Waals surface area contributed by atoms with Crippen LogP contribution in [-0.4, -0.2) is 0 Å². The van der Waals surface area contributed by atoms with Gasteiger partial charge in [0.1, 0.15) is 11.3 Å². The molecule has 2 heteroatoms. The summed E-state index contributed by atoms with van der Waals surface area (Å²) < 4.78 is 5.86. The molecule has 0 saturated carbocycles. The molecule has 0 radical (unpaired) electrons. The smallest absolute Gasteiger partial charge is 0.135 e. The Balaban J connectivity index is 2.16. The molecule has 0 amide bonds. The van der Waals surface area contributed by atoms with E-state index in [4.69, 9.17) is 10.2 Å². The number of nitrogen functional groups attached to an aromatic ring is 1. The van der Waals surface area contributed by atoms with Gasteiger partial charge in [0.15, 0.2) is 0 Å². The van der Waals surface area contributed by atoms with Gasteiger partial charge >= 0.3 is 0 Å². The molecule has 18 heavy (non-hydrogen) atoms. The lowest BCUT2D eigenvalue weighted by atomic mass is 10.1. The standard InChI is InChI=1S/C16H15NO/c1-10-3-6-15-13(7-10)9-16(18-15)12-4-5-14(17)11(2)8-12/h3-9H,17H2,1-2H3.